The first kappa shape index (κ1) is 16.8. The SMILES string of the molecule is CC(C)C1CCCN(C(=O)CC2CCC(CN)CC2)CC1. The molecule has 1 aliphatic heterocycles. The van der Waals surface area contributed by atoms with Crippen LogP contribution >= 0.6 is 0 Å². The summed E-state index contributed by atoms with van der Waals surface area (Å²) in [5, 5.41) is 0. The first-order valence-electron chi connectivity index (χ1n) is 9.08. The van der Waals surface area contributed by atoms with Gasteiger partial charge < -0.3 is 10.6 Å². The molecular weight excluding hydrogens is 260 g/mol. The second kappa shape index (κ2) is 8.17. The lowest BCUT2D eigenvalue weighted by atomic mass is 9.80. The molecule has 3 nitrogen and oxygen atoms in total. The Kier molecular flexibility index (Phi) is 6.53. The van der Waals surface area contributed by atoms with Gasteiger partial charge in [-0.05, 0) is 75.2 Å². The van der Waals surface area contributed by atoms with Crippen molar-refractivity contribution in [2.45, 2.75) is 65.2 Å². The number of likely N-dealkylation sites (tertiary alicyclic amines) is 1. The highest BCUT2D eigenvalue weighted by Crippen LogP contribution is 2.31. The molecule has 0 aromatic rings. The van der Waals surface area contributed by atoms with Crippen molar-refractivity contribution in [3.05, 3.63) is 0 Å². The molecule has 2 rings (SSSR count). The fraction of sp³-hybridized carbons (Fsp3) is 0.944. The summed E-state index contributed by atoms with van der Waals surface area (Å²) in [6.45, 7) is 7.43. The monoisotopic (exact) mass is 294 g/mol. The topological polar surface area (TPSA) is 46.3 Å². The number of amides is 1. The van der Waals surface area contributed by atoms with Crippen molar-refractivity contribution in [2.75, 3.05) is 19.6 Å². The molecule has 0 radical (unpaired) electrons. The van der Waals surface area contributed by atoms with Crippen molar-refractivity contribution in [1.82, 2.24) is 4.90 Å². The molecule has 122 valence electrons. The van der Waals surface area contributed by atoms with E-state index >= 15 is 0 Å². The normalized spacial score (nSPS) is 31.2. The summed E-state index contributed by atoms with van der Waals surface area (Å²) >= 11 is 0. The third-order valence-electron chi connectivity index (χ3n) is 5.83. The van der Waals surface area contributed by atoms with E-state index in [1.807, 2.05) is 0 Å². The Labute approximate surface area is 130 Å². The Bertz CT molecular complexity index is 321. The number of carbonyl (C=O) groups excluding carboxylic acids is 1. The Morgan fingerprint density at radius 1 is 1.05 bits per heavy atom. The van der Waals surface area contributed by atoms with E-state index in [9.17, 15) is 4.79 Å². The average Bonchev–Trinajstić information content (AvgIpc) is 2.74. The fourth-order valence-corrected chi connectivity index (χ4v) is 4.09. The first-order chi connectivity index (χ1) is 10.1. The summed E-state index contributed by atoms with van der Waals surface area (Å²) in [5.41, 5.74) is 5.75. The standard InChI is InChI=1S/C18H34N2O/c1-14(2)17-4-3-10-20(11-9-17)18(21)12-15-5-7-16(13-19)8-6-15/h14-17H,3-13,19H2,1-2H3. The van der Waals surface area contributed by atoms with Crippen LogP contribution in [0.1, 0.15) is 65.2 Å². The Balaban J connectivity index is 1.76. The molecule has 0 spiro atoms. The minimum atomic E-state index is 0.413. The fourth-order valence-electron chi connectivity index (χ4n) is 4.09. The number of hydrogen-bond acceptors (Lipinski definition) is 2. The van der Waals surface area contributed by atoms with Gasteiger partial charge in [-0.3, -0.25) is 4.79 Å². The lowest BCUT2D eigenvalue weighted by Crippen LogP contribution is -2.34. The number of nitrogens with two attached hydrogens (primary N) is 1. The molecule has 1 aliphatic carbocycles. The average molecular weight is 294 g/mol. The van der Waals surface area contributed by atoms with E-state index in [1.54, 1.807) is 0 Å². The summed E-state index contributed by atoms with van der Waals surface area (Å²) in [5.74, 6) is 3.30. The third-order valence-corrected chi connectivity index (χ3v) is 5.83. The van der Waals surface area contributed by atoms with Gasteiger partial charge in [-0.2, -0.15) is 0 Å². The van der Waals surface area contributed by atoms with Crippen LogP contribution in [0, 0.1) is 23.7 Å². The molecule has 1 saturated carbocycles. The molecule has 1 amide bonds. The predicted molar refractivity (Wildman–Crippen MR) is 87.9 cm³/mol. The zero-order chi connectivity index (χ0) is 15.2. The minimum Gasteiger partial charge on any atom is -0.343 e. The van der Waals surface area contributed by atoms with Gasteiger partial charge in [-0.1, -0.05) is 13.8 Å². The number of rotatable bonds is 4. The molecule has 1 saturated heterocycles. The molecule has 0 bridgehead atoms. The molecule has 2 aliphatic rings. The van der Waals surface area contributed by atoms with Crippen LogP contribution in [0.5, 0.6) is 0 Å². The first-order valence-corrected chi connectivity index (χ1v) is 9.08. The second-order valence-electron chi connectivity index (χ2n) is 7.64. The van der Waals surface area contributed by atoms with Crippen LogP contribution in [-0.4, -0.2) is 30.4 Å². The molecule has 3 heteroatoms. The van der Waals surface area contributed by atoms with Crippen LogP contribution in [0.15, 0.2) is 0 Å². The summed E-state index contributed by atoms with van der Waals surface area (Å²) < 4.78 is 0. The van der Waals surface area contributed by atoms with Gasteiger partial charge in [-0.25, -0.2) is 0 Å². The van der Waals surface area contributed by atoms with Gasteiger partial charge in [0.15, 0.2) is 0 Å². The van der Waals surface area contributed by atoms with Crippen LogP contribution in [0.4, 0.5) is 0 Å². The zero-order valence-corrected chi connectivity index (χ0v) is 14.0. The van der Waals surface area contributed by atoms with Gasteiger partial charge in [0, 0.05) is 19.5 Å². The largest absolute Gasteiger partial charge is 0.343 e. The lowest BCUT2D eigenvalue weighted by Gasteiger charge is -2.29. The van der Waals surface area contributed by atoms with Crippen LogP contribution in [-0.2, 0) is 4.79 Å². The second-order valence-corrected chi connectivity index (χ2v) is 7.64. The Morgan fingerprint density at radius 3 is 2.33 bits per heavy atom. The van der Waals surface area contributed by atoms with Crippen molar-refractivity contribution in [3.63, 3.8) is 0 Å². The van der Waals surface area contributed by atoms with Crippen LogP contribution in [0.25, 0.3) is 0 Å². The van der Waals surface area contributed by atoms with E-state index in [4.69, 9.17) is 5.73 Å². The van der Waals surface area contributed by atoms with E-state index in [0.29, 0.717) is 17.7 Å². The molecule has 21 heavy (non-hydrogen) atoms. The molecule has 2 N–H and O–H groups in total. The summed E-state index contributed by atoms with van der Waals surface area (Å²) in [6.07, 6.45) is 9.32. The smallest absolute Gasteiger partial charge is 0.222 e. The number of hydrogen-bond donors (Lipinski definition) is 1. The van der Waals surface area contributed by atoms with Crippen molar-refractivity contribution in [2.24, 2.45) is 29.4 Å². The molecular formula is C18H34N2O. The van der Waals surface area contributed by atoms with Gasteiger partial charge in [0.1, 0.15) is 0 Å². The van der Waals surface area contributed by atoms with Gasteiger partial charge in [0.25, 0.3) is 0 Å². The Hall–Kier alpha value is -0.570. The van der Waals surface area contributed by atoms with E-state index < -0.39 is 0 Å². The maximum absolute atomic E-state index is 12.5. The summed E-state index contributed by atoms with van der Waals surface area (Å²) in [6, 6.07) is 0. The Morgan fingerprint density at radius 2 is 1.71 bits per heavy atom. The van der Waals surface area contributed by atoms with Gasteiger partial charge in [0.2, 0.25) is 5.91 Å². The van der Waals surface area contributed by atoms with Gasteiger partial charge >= 0.3 is 0 Å². The third kappa shape index (κ3) is 4.98. The molecule has 1 heterocycles. The van der Waals surface area contributed by atoms with Crippen molar-refractivity contribution in [3.8, 4) is 0 Å². The van der Waals surface area contributed by atoms with Crippen molar-refractivity contribution < 1.29 is 4.79 Å². The van der Waals surface area contributed by atoms with E-state index in [-0.39, 0.29) is 0 Å². The highest BCUT2D eigenvalue weighted by Gasteiger charge is 2.26. The lowest BCUT2D eigenvalue weighted by molar-refractivity contribution is -0.132. The summed E-state index contributed by atoms with van der Waals surface area (Å²) in [4.78, 5) is 14.7. The van der Waals surface area contributed by atoms with Crippen molar-refractivity contribution in [1.29, 1.82) is 0 Å². The zero-order valence-electron chi connectivity index (χ0n) is 14.0. The minimum absolute atomic E-state index is 0.413. The molecule has 0 aromatic heterocycles. The molecule has 0 aromatic carbocycles. The maximum atomic E-state index is 12.5. The maximum Gasteiger partial charge on any atom is 0.222 e. The van der Waals surface area contributed by atoms with E-state index in [1.165, 1.54) is 44.9 Å². The predicted octanol–water partition coefficient (Wildman–Crippen LogP) is 3.43. The summed E-state index contributed by atoms with van der Waals surface area (Å²) in [7, 11) is 0. The van der Waals surface area contributed by atoms with E-state index in [2.05, 4.69) is 18.7 Å². The highest BCUT2D eigenvalue weighted by molar-refractivity contribution is 5.76. The van der Waals surface area contributed by atoms with Crippen LogP contribution < -0.4 is 5.73 Å². The number of carbonyl (C=O) groups is 1. The molecule has 1 unspecified atom stereocenters. The molecule has 1 atom stereocenters. The van der Waals surface area contributed by atoms with Crippen LogP contribution in [0.3, 0.4) is 0 Å². The van der Waals surface area contributed by atoms with E-state index in [0.717, 1.165) is 37.9 Å². The quantitative estimate of drug-likeness (QED) is 0.863. The number of nitrogens with zero attached hydrogens (tertiary/aromatic N) is 1. The van der Waals surface area contributed by atoms with Crippen LogP contribution in [0.2, 0.25) is 0 Å². The highest BCUT2D eigenvalue weighted by atomic mass is 16.2. The van der Waals surface area contributed by atoms with Gasteiger partial charge in [-0.15, -0.1) is 0 Å². The van der Waals surface area contributed by atoms with Gasteiger partial charge in [0.05, 0.1) is 0 Å². The van der Waals surface area contributed by atoms with Crippen molar-refractivity contribution >= 4 is 5.91 Å². The molecule has 2 fully saturated rings.